The van der Waals surface area contributed by atoms with E-state index in [-0.39, 0.29) is 24.5 Å². The summed E-state index contributed by atoms with van der Waals surface area (Å²) in [6, 6.07) is 14.7. The molecule has 1 aromatic heterocycles. The average molecular weight is 394 g/mol. The topological polar surface area (TPSA) is 70.4 Å². The summed E-state index contributed by atoms with van der Waals surface area (Å²) in [5.41, 5.74) is 0.995. The lowest BCUT2D eigenvalue weighted by Gasteiger charge is -2.12. The molecule has 0 bridgehead atoms. The molecular weight excluding hydrogens is 368 g/mol. The Morgan fingerprint density at radius 2 is 1.72 bits per heavy atom. The third-order valence-corrected chi connectivity index (χ3v) is 4.70. The molecule has 0 saturated heterocycles. The standard InChI is InChI=1S/C23H26N2O4/c1-3-4-9-14-25-22(26)19-12-7-6-11-18(19)21(24-25)23(27)29-16-15-28-20-13-8-5-10-17(20)2/h5-8,10-13H,3-4,9,14-16H2,1-2H3. The molecule has 29 heavy (non-hydrogen) atoms. The van der Waals surface area contributed by atoms with Crippen LogP contribution in [-0.2, 0) is 11.3 Å². The van der Waals surface area contributed by atoms with Crippen molar-refractivity contribution in [1.82, 2.24) is 9.78 Å². The molecule has 0 saturated carbocycles. The molecule has 152 valence electrons. The lowest BCUT2D eigenvalue weighted by molar-refractivity contribution is 0.0443. The number of para-hydroxylation sites is 1. The van der Waals surface area contributed by atoms with Crippen molar-refractivity contribution >= 4 is 16.7 Å². The highest BCUT2D eigenvalue weighted by Gasteiger charge is 2.18. The van der Waals surface area contributed by atoms with E-state index in [0.717, 1.165) is 30.6 Å². The van der Waals surface area contributed by atoms with E-state index in [0.29, 0.717) is 17.3 Å². The number of hydrogen-bond acceptors (Lipinski definition) is 5. The average Bonchev–Trinajstić information content (AvgIpc) is 2.74. The van der Waals surface area contributed by atoms with E-state index >= 15 is 0 Å². The van der Waals surface area contributed by atoms with Crippen molar-refractivity contribution in [2.24, 2.45) is 0 Å². The van der Waals surface area contributed by atoms with Gasteiger partial charge < -0.3 is 9.47 Å². The summed E-state index contributed by atoms with van der Waals surface area (Å²) in [7, 11) is 0. The number of rotatable bonds is 9. The van der Waals surface area contributed by atoms with Gasteiger partial charge in [-0.1, -0.05) is 56.2 Å². The van der Waals surface area contributed by atoms with Crippen molar-refractivity contribution in [2.75, 3.05) is 13.2 Å². The molecule has 6 heteroatoms. The van der Waals surface area contributed by atoms with E-state index in [1.54, 1.807) is 24.3 Å². The third-order valence-electron chi connectivity index (χ3n) is 4.70. The summed E-state index contributed by atoms with van der Waals surface area (Å²) < 4.78 is 12.4. The zero-order valence-electron chi connectivity index (χ0n) is 16.9. The molecule has 0 aliphatic heterocycles. The molecule has 1 heterocycles. The van der Waals surface area contributed by atoms with Gasteiger partial charge in [-0.25, -0.2) is 9.48 Å². The molecule has 0 atom stereocenters. The number of unbranched alkanes of at least 4 members (excludes halogenated alkanes) is 2. The molecule has 0 amide bonds. The largest absolute Gasteiger partial charge is 0.490 e. The first-order chi connectivity index (χ1) is 14.1. The van der Waals surface area contributed by atoms with Crippen LogP contribution < -0.4 is 10.3 Å². The molecule has 3 rings (SSSR count). The van der Waals surface area contributed by atoms with Crippen LogP contribution >= 0.6 is 0 Å². The van der Waals surface area contributed by atoms with Gasteiger partial charge >= 0.3 is 5.97 Å². The van der Waals surface area contributed by atoms with E-state index in [4.69, 9.17) is 9.47 Å². The quantitative estimate of drug-likeness (QED) is 0.403. The van der Waals surface area contributed by atoms with Gasteiger partial charge in [0, 0.05) is 11.9 Å². The van der Waals surface area contributed by atoms with Crippen LogP contribution in [0.3, 0.4) is 0 Å². The minimum atomic E-state index is -0.557. The lowest BCUT2D eigenvalue weighted by Crippen LogP contribution is -2.27. The maximum Gasteiger partial charge on any atom is 0.359 e. The molecule has 2 aromatic carbocycles. The van der Waals surface area contributed by atoms with Crippen LogP contribution in [0.5, 0.6) is 5.75 Å². The number of carbonyl (C=O) groups excluding carboxylic acids is 1. The highest BCUT2D eigenvalue weighted by atomic mass is 16.6. The Balaban J connectivity index is 1.73. The fourth-order valence-electron chi connectivity index (χ4n) is 3.12. The summed E-state index contributed by atoms with van der Waals surface area (Å²) in [4.78, 5) is 25.3. The molecule has 0 radical (unpaired) electrons. The summed E-state index contributed by atoms with van der Waals surface area (Å²) in [6.07, 6.45) is 2.87. The number of esters is 1. The summed E-state index contributed by atoms with van der Waals surface area (Å²) >= 11 is 0. The van der Waals surface area contributed by atoms with Crippen molar-refractivity contribution in [2.45, 2.75) is 39.7 Å². The summed E-state index contributed by atoms with van der Waals surface area (Å²) in [5.74, 6) is 0.204. The number of nitrogens with zero attached hydrogens (tertiary/aromatic N) is 2. The van der Waals surface area contributed by atoms with Gasteiger partial charge in [0.15, 0.2) is 5.69 Å². The second-order valence-corrected chi connectivity index (χ2v) is 6.88. The summed E-state index contributed by atoms with van der Waals surface area (Å²) in [6.45, 7) is 4.87. The van der Waals surface area contributed by atoms with Crippen molar-refractivity contribution in [1.29, 1.82) is 0 Å². The minimum absolute atomic E-state index is 0.0954. The SMILES string of the molecule is CCCCCn1nc(C(=O)OCCOc2ccccc2C)c2ccccc2c1=O. The second kappa shape index (κ2) is 9.87. The van der Waals surface area contributed by atoms with Crippen molar-refractivity contribution in [3.8, 4) is 5.75 Å². The van der Waals surface area contributed by atoms with Crippen LogP contribution in [0.25, 0.3) is 10.8 Å². The molecule has 0 unspecified atom stereocenters. The molecular formula is C23H26N2O4. The zero-order valence-corrected chi connectivity index (χ0v) is 16.9. The van der Waals surface area contributed by atoms with E-state index in [2.05, 4.69) is 12.0 Å². The van der Waals surface area contributed by atoms with Gasteiger partial charge in [-0.05, 0) is 31.0 Å². The number of benzene rings is 2. The molecule has 0 N–H and O–H groups in total. The number of hydrogen-bond donors (Lipinski definition) is 0. The Hall–Kier alpha value is -3.15. The maximum absolute atomic E-state index is 12.7. The highest BCUT2D eigenvalue weighted by molar-refractivity contribution is 6.02. The first-order valence-corrected chi connectivity index (χ1v) is 9.97. The van der Waals surface area contributed by atoms with Gasteiger partial charge in [-0.15, -0.1) is 0 Å². The van der Waals surface area contributed by atoms with Crippen LogP contribution in [0, 0.1) is 6.92 Å². The second-order valence-electron chi connectivity index (χ2n) is 6.88. The Labute approximate surface area is 170 Å². The van der Waals surface area contributed by atoms with Crippen LogP contribution in [-0.4, -0.2) is 29.0 Å². The van der Waals surface area contributed by atoms with Crippen molar-refractivity contribution in [3.05, 3.63) is 70.1 Å². The Morgan fingerprint density at radius 1 is 1.00 bits per heavy atom. The first kappa shape index (κ1) is 20.6. The zero-order chi connectivity index (χ0) is 20.6. The van der Waals surface area contributed by atoms with Crippen LogP contribution in [0.4, 0.5) is 0 Å². The first-order valence-electron chi connectivity index (χ1n) is 9.97. The predicted octanol–water partition coefficient (Wildman–Crippen LogP) is 4.13. The molecule has 0 aliphatic carbocycles. The molecule has 0 spiro atoms. The van der Waals surface area contributed by atoms with E-state index in [1.807, 2.05) is 31.2 Å². The highest BCUT2D eigenvalue weighted by Crippen LogP contribution is 2.17. The Bertz CT molecular complexity index is 1040. The van der Waals surface area contributed by atoms with Gasteiger partial charge in [-0.2, -0.15) is 5.10 Å². The number of ether oxygens (including phenoxy) is 2. The van der Waals surface area contributed by atoms with E-state index < -0.39 is 5.97 Å². The normalized spacial score (nSPS) is 10.8. The van der Waals surface area contributed by atoms with E-state index in [1.165, 1.54) is 4.68 Å². The van der Waals surface area contributed by atoms with Gasteiger partial charge in [0.1, 0.15) is 19.0 Å². The fourth-order valence-corrected chi connectivity index (χ4v) is 3.12. The van der Waals surface area contributed by atoms with Gasteiger partial charge in [-0.3, -0.25) is 4.79 Å². The smallest absolute Gasteiger partial charge is 0.359 e. The maximum atomic E-state index is 12.7. The molecule has 3 aromatic rings. The van der Waals surface area contributed by atoms with Crippen molar-refractivity contribution in [3.63, 3.8) is 0 Å². The van der Waals surface area contributed by atoms with Gasteiger partial charge in [0.2, 0.25) is 0 Å². The fraction of sp³-hybridized carbons (Fsp3) is 0.348. The number of carbonyl (C=O) groups is 1. The van der Waals surface area contributed by atoms with Gasteiger partial charge in [0.05, 0.1) is 5.39 Å². The monoisotopic (exact) mass is 394 g/mol. The Morgan fingerprint density at radius 3 is 2.48 bits per heavy atom. The molecule has 0 aliphatic rings. The number of fused-ring (bicyclic) bond motifs is 1. The van der Waals surface area contributed by atoms with Crippen LogP contribution in [0.1, 0.15) is 42.2 Å². The number of aryl methyl sites for hydroxylation is 2. The lowest BCUT2D eigenvalue weighted by atomic mass is 10.1. The predicted molar refractivity (Wildman–Crippen MR) is 112 cm³/mol. The Kier molecular flexibility index (Phi) is 7.00. The number of aromatic nitrogens is 2. The van der Waals surface area contributed by atoms with Crippen molar-refractivity contribution < 1.29 is 14.3 Å². The van der Waals surface area contributed by atoms with Crippen LogP contribution in [0.15, 0.2) is 53.3 Å². The van der Waals surface area contributed by atoms with Gasteiger partial charge in [0.25, 0.3) is 5.56 Å². The minimum Gasteiger partial charge on any atom is -0.490 e. The molecule has 0 fully saturated rings. The molecule has 6 nitrogen and oxygen atoms in total. The summed E-state index contributed by atoms with van der Waals surface area (Å²) in [5, 5.41) is 5.29. The third kappa shape index (κ3) is 5.02. The van der Waals surface area contributed by atoms with E-state index in [9.17, 15) is 9.59 Å². The van der Waals surface area contributed by atoms with Crippen LogP contribution in [0.2, 0.25) is 0 Å².